The molecule has 71 heavy (non-hydrogen) atoms. The number of aliphatic hydroxyl groups excluding tert-OH is 3. The van der Waals surface area contributed by atoms with Gasteiger partial charge in [-0.3, -0.25) is 9.59 Å². The molecule has 4 aliphatic carbocycles. The fourth-order valence-corrected chi connectivity index (χ4v) is 14.2. The van der Waals surface area contributed by atoms with Gasteiger partial charge in [0.05, 0.1) is 30.7 Å². The molecule has 10 rings (SSSR count). The normalized spacial score (nSPS) is 31.8. The Labute approximate surface area is 418 Å². The predicted molar refractivity (Wildman–Crippen MR) is 269 cm³/mol. The smallest absolute Gasteiger partial charge is 0.334 e. The first-order valence-electron chi connectivity index (χ1n) is 26.7. The van der Waals surface area contributed by atoms with E-state index in [9.17, 15) is 35.1 Å². The van der Waals surface area contributed by atoms with Gasteiger partial charge in [0.1, 0.15) is 29.0 Å². The zero-order chi connectivity index (χ0) is 49.6. The number of likely N-dealkylation sites (N-methyl/N-ethyl adjacent to an activating group) is 1. The van der Waals surface area contributed by atoms with E-state index in [0.29, 0.717) is 58.5 Å². The average molecular weight is 969 g/mol. The highest BCUT2D eigenvalue weighted by molar-refractivity contribution is 5.89. The molecule has 12 heteroatoms. The third-order valence-corrected chi connectivity index (χ3v) is 17.5. The maximum Gasteiger partial charge on any atom is 0.334 e. The van der Waals surface area contributed by atoms with E-state index in [1.54, 1.807) is 20.0 Å². The molecule has 3 aromatic rings. The lowest BCUT2D eigenvalue weighted by Gasteiger charge is -2.59. The molecule has 0 spiro atoms. The molecule has 12 unspecified atom stereocenters. The maximum atomic E-state index is 15.6. The van der Waals surface area contributed by atoms with Crippen LogP contribution in [-0.2, 0) is 38.4 Å². The van der Waals surface area contributed by atoms with Crippen LogP contribution in [0.4, 0.5) is 5.69 Å². The second-order valence-corrected chi connectivity index (χ2v) is 22.3. The molecular formula is C59H72N2O10. The number of phenolic OH excluding ortho intramolecular Hbond substituents is 1. The lowest BCUT2D eigenvalue weighted by atomic mass is 9.48. The standard InChI is InChI=1S/C59H72N2O10/c1-33(62)31-61-44-24-40(23-41(25-44)52(65)32-60-2)37-15-16-38-30-54(66)71-57-46(38)28-42(56(67)55(57)36-11-4-3-5-12-36)29-53-59(69)49-14-7-6-13-39(49)27-47-48(51(64)18-17-50(47)59)21-35-10-8-9-34(19-35)20-45(63)26-43(22-37)58(68)70-53/h8-10,19,23-26,28,33,36-39,45,47-50,52-53,60-63,65,67,69H,3-7,11-14,17-18,20-22,27,29-32H2,1-2H3. The highest BCUT2D eigenvalue weighted by atomic mass is 16.6. The van der Waals surface area contributed by atoms with Crippen LogP contribution in [0.25, 0.3) is 0 Å². The second-order valence-electron chi connectivity index (χ2n) is 22.3. The van der Waals surface area contributed by atoms with Crippen molar-refractivity contribution in [2.75, 3.05) is 25.5 Å². The Bertz CT molecular complexity index is 2610. The van der Waals surface area contributed by atoms with Gasteiger partial charge in [-0.15, -0.1) is 0 Å². The van der Waals surface area contributed by atoms with Gasteiger partial charge >= 0.3 is 11.9 Å². The van der Waals surface area contributed by atoms with Gasteiger partial charge < -0.3 is 45.6 Å². The summed E-state index contributed by atoms with van der Waals surface area (Å²) in [6.45, 7) is 2.16. The molecule has 0 amide bonds. The summed E-state index contributed by atoms with van der Waals surface area (Å²) in [6, 6.07) is 15.5. The third-order valence-electron chi connectivity index (χ3n) is 17.5. The molecule has 0 aromatic heterocycles. The van der Waals surface area contributed by atoms with Crippen molar-refractivity contribution in [1.82, 2.24) is 5.32 Å². The van der Waals surface area contributed by atoms with Crippen molar-refractivity contribution < 1.29 is 49.4 Å². The van der Waals surface area contributed by atoms with Crippen LogP contribution in [0.15, 0.2) is 60.2 Å². The molecule has 4 saturated carbocycles. The Kier molecular flexibility index (Phi) is 14.5. The molecule has 4 fully saturated rings. The van der Waals surface area contributed by atoms with Crippen LogP contribution in [-0.4, -0.2) is 87.3 Å². The van der Waals surface area contributed by atoms with Crippen LogP contribution in [0.5, 0.6) is 11.5 Å². The summed E-state index contributed by atoms with van der Waals surface area (Å²) >= 11 is 0. The Morgan fingerprint density at radius 1 is 0.831 bits per heavy atom. The number of carbonyl (C=O) groups excluding carboxylic acids is 3. The fraction of sp³-hybridized carbons (Fsp3) is 0.576. The highest BCUT2D eigenvalue weighted by Gasteiger charge is 2.62. The van der Waals surface area contributed by atoms with Gasteiger partial charge in [0, 0.05) is 66.6 Å². The molecule has 378 valence electrons. The summed E-state index contributed by atoms with van der Waals surface area (Å²) in [5, 5.41) is 67.1. The average Bonchev–Trinajstić information content (AvgIpc) is 3.36. The summed E-state index contributed by atoms with van der Waals surface area (Å²) in [7, 11) is 1.75. The quantitative estimate of drug-likeness (QED) is 0.0660. The zero-order valence-corrected chi connectivity index (χ0v) is 41.3. The first kappa shape index (κ1) is 49.5. The van der Waals surface area contributed by atoms with E-state index in [2.05, 4.69) is 28.5 Å². The number of ketones is 1. The number of benzene rings is 3. The van der Waals surface area contributed by atoms with Crippen LogP contribution < -0.4 is 15.4 Å². The molecule has 0 radical (unpaired) electrons. The largest absolute Gasteiger partial charge is 0.507 e. The number of phenols is 1. The summed E-state index contributed by atoms with van der Waals surface area (Å²) in [5.41, 5.74) is 4.01. The van der Waals surface area contributed by atoms with Crippen LogP contribution in [0.3, 0.4) is 0 Å². The van der Waals surface area contributed by atoms with Crippen molar-refractivity contribution in [3.8, 4) is 23.3 Å². The van der Waals surface area contributed by atoms with Gasteiger partial charge in [-0.05, 0) is 141 Å². The van der Waals surface area contributed by atoms with E-state index in [1.807, 2.05) is 42.5 Å². The summed E-state index contributed by atoms with van der Waals surface area (Å²) < 4.78 is 13.2. The van der Waals surface area contributed by atoms with Crippen LogP contribution >= 0.6 is 0 Å². The van der Waals surface area contributed by atoms with E-state index in [1.165, 1.54) is 0 Å². The van der Waals surface area contributed by atoms with E-state index < -0.39 is 53.8 Å². The SMILES string of the molecule is CNCC(O)c1cc(NCC(C)O)cc(C2C#CC3CC(=O)Oc4c3cc(c(O)c4C3CCCCC3)CC3OC(=O)C(=CC(O)Cc4cccc(c4)CC4C(=O)CCC5C4CC4CCCCC4C35O)C2)c1. The second kappa shape index (κ2) is 20.8. The Morgan fingerprint density at radius 2 is 1.59 bits per heavy atom. The number of rotatable bonds is 8. The minimum Gasteiger partial charge on any atom is -0.507 e. The zero-order valence-electron chi connectivity index (χ0n) is 41.3. The lowest BCUT2D eigenvalue weighted by molar-refractivity contribution is -0.228. The molecule has 3 aromatic carbocycles. The number of ether oxygens (including phenoxy) is 2. The molecule has 7 aliphatic rings. The van der Waals surface area contributed by atoms with Crippen LogP contribution in [0, 0.1) is 41.4 Å². The van der Waals surface area contributed by atoms with E-state index in [-0.39, 0.29) is 91.4 Å². The molecule has 12 atom stereocenters. The highest BCUT2D eigenvalue weighted by Crippen LogP contribution is 2.59. The van der Waals surface area contributed by atoms with Crippen molar-refractivity contribution in [2.45, 2.75) is 164 Å². The molecule has 10 bridgehead atoms. The number of hydrogen-bond acceptors (Lipinski definition) is 12. The minimum atomic E-state index is -1.59. The van der Waals surface area contributed by atoms with Crippen molar-refractivity contribution in [3.05, 3.63) is 99.1 Å². The van der Waals surface area contributed by atoms with Crippen molar-refractivity contribution in [2.24, 2.45) is 29.6 Å². The van der Waals surface area contributed by atoms with E-state index in [4.69, 9.17) is 9.47 Å². The number of Topliss-reactive ketones (excluding diaryl/α,β-unsaturated/α-hetero) is 1. The van der Waals surface area contributed by atoms with Crippen molar-refractivity contribution in [1.29, 1.82) is 0 Å². The van der Waals surface area contributed by atoms with Gasteiger partial charge in [0.25, 0.3) is 0 Å². The fourth-order valence-electron chi connectivity index (χ4n) is 14.2. The number of esters is 2. The van der Waals surface area contributed by atoms with E-state index in [0.717, 1.165) is 75.3 Å². The van der Waals surface area contributed by atoms with Crippen LogP contribution in [0.1, 0.15) is 160 Å². The topological polar surface area (TPSA) is 195 Å². The number of fused-ring (bicyclic) bond motifs is 9. The summed E-state index contributed by atoms with van der Waals surface area (Å²) in [5.74, 6) is 3.79. The monoisotopic (exact) mass is 969 g/mol. The predicted octanol–water partition coefficient (Wildman–Crippen LogP) is 7.76. The molecule has 0 saturated heterocycles. The van der Waals surface area contributed by atoms with Crippen molar-refractivity contribution >= 4 is 23.4 Å². The summed E-state index contributed by atoms with van der Waals surface area (Å²) in [4.78, 5) is 43.7. The maximum absolute atomic E-state index is 15.6. The van der Waals surface area contributed by atoms with Gasteiger partial charge in [-0.25, -0.2) is 4.79 Å². The number of aromatic hydroxyl groups is 1. The van der Waals surface area contributed by atoms with Gasteiger partial charge in [-0.2, -0.15) is 0 Å². The third kappa shape index (κ3) is 10.1. The Hall–Kier alpha value is -5.03. The van der Waals surface area contributed by atoms with Gasteiger partial charge in [0.2, 0.25) is 0 Å². The Morgan fingerprint density at radius 3 is 2.38 bits per heavy atom. The van der Waals surface area contributed by atoms with Gasteiger partial charge in [-0.1, -0.05) is 80.7 Å². The molecule has 7 N–H and O–H groups in total. The number of nitrogens with one attached hydrogen (secondary N) is 2. The number of aliphatic hydroxyl groups is 4. The molecule has 3 heterocycles. The first-order valence-corrected chi connectivity index (χ1v) is 26.7. The van der Waals surface area contributed by atoms with Gasteiger partial charge in [0.15, 0.2) is 0 Å². The van der Waals surface area contributed by atoms with Crippen molar-refractivity contribution in [3.63, 3.8) is 0 Å². The Balaban J connectivity index is 1.21. The summed E-state index contributed by atoms with van der Waals surface area (Å²) in [6.07, 6.45) is 7.89. The number of carbonyl (C=O) groups is 3. The first-order chi connectivity index (χ1) is 34.3. The number of hydrogen-bond donors (Lipinski definition) is 7. The number of anilines is 1. The van der Waals surface area contributed by atoms with E-state index >= 15 is 4.79 Å². The molecule has 12 nitrogen and oxygen atoms in total. The molecular weight excluding hydrogens is 897 g/mol. The molecule has 3 aliphatic heterocycles. The lowest BCUT2D eigenvalue weighted by Crippen LogP contribution is -2.65. The van der Waals surface area contributed by atoms with Crippen LogP contribution in [0.2, 0.25) is 0 Å². The minimum absolute atomic E-state index is 0.00997.